The summed E-state index contributed by atoms with van der Waals surface area (Å²) in [5, 5.41) is 0.444. The van der Waals surface area contributed by atoms with Crippen molar-refractivity contribution < 1.29 is 4.79 Å². The van der Waals surface area contributed by atoms with Crippen LogP contribution in [-0.2, 0) is 6.42 Å². The highest BCUT2D eigenvalue weighted by atomic mass is 32.2. The van der Waals surface area contributed by atoms with Gasteiger partial charge in [-0.3, -0.25) is 4.79 Å². The van der Waals surface area contributed by atoms with E-state index in [0.717, 1.165) is 12.0 Å². The van der Waals surface area contributed by atoms with E-state index < -0.39 is 0 Å². The molecule has 0 bridgehead atoms. The second-order valence-corrected chi connectivity index (χ2v) is 5.68. The van der Waals surface area contributed by atoms with Crippen molar-refractivity contribution in [3.8, 4) is 0 Å². The fourth-order valence-corrected chi connectivity index (χ4v) is 2.73. The molecule has 0 spiro atoms. The second-order valence-electron chi connectivity index (χ2n) is 4.27. The maximum atomic E-state index is 12.0. The second kappa shape index (κ2) is 6.41. The molecule has 0 aliphatic rings. The van der Waals surface area contributed by atoms with Crippen LogP contribution in [0.4, 0.5) is 0 Å². The third-order valence-electron chi connectivity index (χ3n) is 2.68. The highest BCUT2D eigenvalue weighted by Crippen LogP contribution is 2.20. The van der Waals surface area contributed by atoms with Gasteiger partial charge in [0, 0.05) is 10.8 Å². The van der Waals surface area contributed by atoms with E-state index in [4.69, 9.17) is 0 Å². The summed E-state index contributed by atoms with van der Waals surface area (Å²) < 4.78 is 0. The maximum absolute atomic E-state index is 12.0. The molecule has 0 fully saturated rings. The molecule has 0 heterocycles. The summed E-state index contributed by atoms with van der Waals surface area (Å²) in [7, 11) is 0. The Balaban J connectivity index is 1.92. The summed E-state index contributed by atoms with van der Waals surface area (Å²) in [6.45, 7) is 2.10. The summed E-state index contributed by atoms with van der Waals surface area (Å²) in [6.07, 6.45) is 0.921. The monoisotopic (exact) mass is 256 g/mol. The molecule has 18 heavy (non-hydrogen) atoms. The molecule has 0 amide bonds. The highest BCUT2D eigenvalue weighted by Gasteiger charge is 2.12. The average molecular weight is 256 g/mol. The molecular formula is C16H16OS. The quantitative estimate of drug-likeness (QED) is 0.816. The number of carbonyl (C=O) groups is 1. The Morgan fingerprint density at radius 2 is 1.56 bits per heavy atom. The van der Waals surface area contributed by atoms with E-state index in [-0.39, 0.29) is 5.12 Å². The van der Waals surface area contributed by atoms with Crippen molar-refractivity contribution in [2.45, 2.75) is 18.6 Å². The smallest absolute Gasteiger partial charge is 0.219 e. The van der Waals surface area contributed by atoms with Crippen LogP contribution in [0.5, 0.6) is 0 Å². The van der Waals surface area contributed by atoms with Crippen LogP contribution in [0.15, 0.2) is 60.7 Å². The van der Waals surface area contributed by atoms with Crippen molar-refractivity contribution in [3.63, 3.8) is 0 Å². The van der Waals surface area contributed by atoms with Crippen LogP contribution in [0.1, 0.15) is 22.8 Å². The van der Waals surface area contributed by atoms with Crippen LogP contribution >= 0.6 is 11.8 Å². The fourth-order valence-electron chi connectivity index (χ4n) is 1.81. The topological polar surface area (TPSA) is 17.1 Å². The molecule has 0 aromatic heterocycles. The molecule has 1 nitrogen and oxygen atoms in total. The van der Waals surface area contributed by atoms with Gasteiger partial charge in [-0.2, -0.15) is 0 Å². The summed E-state index contributed by atoms with van der Waals surface area (Å²) >= 11 is 1.41. The van der Waals surface area contributed by atoms with Gasteiger partial charge in [0.25, 0.3) is 0 Å². The van der Waals surface area contributed by atoms with Gasteiger partial charge < -0.3 is 0 Å². The van der Waals surface area contributed by atoms with Crippen LogP contribution in [0, 0.1) is 0 Å². The van der Waals surface area contributed by atoms with E-state index in [9.17, 15) is 4.79 Å². The lowest BCUT2D eigenvalue weighted by molar-refractivity contribution is 0.108. The van der Waals surface area contributed by atoms with Crippen LogP contribution in [-0.4, -0.2) is 10.4 Å². The standard InChI is InChI=1S/C16H16OS/c1-13(12-14-8-4-2-5-9-14)18-16(17)15-10-6-3-7-11-15/h2-11,13H,12H2,1H3. The lowest BCUT2D eigenvalue weighted by Gasteiger charge is -2.10. The third kappa shape index (κ3) is 3.74. The minimum absolute atomic E-state index is 0.152. The number of rotatable bonds is 4. The Hall–Kier alpha value is -1.54. The van der Waals surface area contributed by atoms with Crippen LogP contribution in [0.2, 0.25) is 0 Å². The first kappa shape index (κ1) is 12.9. The Morgan fingerprint density at radius 1 is 1.00 bits per heavy atom. The Morgan fingerprint density at radius 3 is 2.17 bits per heavy atom. The predicted molar refractivity (Wildman–Crippen MR) is 78.0 cm³/mol. The average Bonchev–Trinajstić information content (AvgIpc) is 2.40. The van der Waals surface area contributed by atoms with Crippen molar-refractivity contribution >= 4 is 16.9 Å². The van der Waals surface area contributed by atoms with Gasteiger partial charge in [-0.15, -0.1) is 0 Å². The van der Waals surface area contributed by atoms with E-state index in [1.54, 1.807) is 0 Å². The van der Waals surface area contributed by atoms with Gasteiger partial charge in [0.05, 0.1) is 0 Å². The lowest BCUT2D eigenvalue weighted by Crippen LogP contribution is -2.06. The molecule has 0 saturated carbocycles. The van der Waals surface area contributed by atoms with E-state index >= 15 is 0 Å². The summed E-state index contributed by atoms with van der Waals surface area (Å²) in [6, 6.07) is 19.7. The van der Waals surface area contributed by atoms with E-state index in [1.165, 1.54) is 17.3 Å². The molecule has 2 heteroatoms. The fraction of sp³-hybridized carbons (Fsp3) is 0.188. The van der Waals surface area contributed by atoms with Crippen molar-refractivity contribution in [1.29, 1.82) is 0 Å². The first-order valence-electron chi connectivity index (χ1n) is 6.05. The van der Waals surface area contributed by atoms with Crippen molar-refractivity contribution in [2.75, 3.05) is 0 Å². The van der Waals surface area contributed by atoms with Crippen molar-refractivity contribution in [3.05, 3.63) is 71.8 Å². The van der Waals surface area contributed by atoms with Gasteiger partial charge in [0.2, 0.25) is 5.12 Å². The Kier molecular flexibility index (Phi) is 4.59. The van der Waals surface area contributed by atoms with Gasteiger partial charge in [0.1, 0.15) is 0 Å². The molecule has 0 aliphatic carbocycles. The van der Waals surface area contributed by atoms with Gasteiger partial charge in [-0.1, -0.05) is 79.3 Å². The zero-order valence-corrected chi connectivity index (χ0v) is 11.2. The van der Waals surface area contributed by atoms with E-state index in [2.05, 4.69) is 19.1 Å². The number of hydrogen-bond acceptors (Lipinski definition) is 2. The zero-order valence-electron chi connectivity index (χ0n) is 10.4. The molecule has 1 atom stereocenters. The minimum Gasteiger partial charge on any atom is -0.282 e. The van der Waals surface area contributed by atoms with Crippen molar-refractivity contribution in [2.24, 2.45) is 0 Å². The molecule has 2 rings (SSSR count). The minimum atomic E-state index is 0.152. The van der Waals surface area contributed by atoms with Gasteiger partial charge >= 0.3 is 0 Å². The number of thioether (sulfide) groups is 1. The number of benzene rings is 2. The van der Waals surface area contributed by atoms with Crippen LogP contribution in [0.3, 0.4) is 0 Å². The molecule has 1 unspecified atom stereocenters. The normalized spacial score (nSPS) is 12.1. The number of hydrogen-bond donors (Lipinski definition) is 0. The van der Waals surface area contributed by atoms with Crippen molar-refractivity contribution in [1.82, 2.24) is 0 Å². The first-order chi connectivity index (χ1) is 8.75. The Labute approximate surface area is 112 Å². The predicted octanol–water partition coefficient (Wildman–Crippen LogP) is 4.19. The molecular weight excluding hydrogens is 240 g/mol. The first-order valence-corrected chi connectivity index (χ1v) is 6.93. The maximum Gasteiger partial charge on any atom is 0.219 e. The van der Waals surface area contributed by atoms with E-state index in [0.29, 0.717) is 5.25 Å². The highest BCUT2D eigenvalue weighted by molar-refractivity contribution is 8.14. The summed E-state index contributed by atoms with van der Waals surface area (Å²) in [5.41, 5.74) is 2.06. The Bertz CT molecular complexity index is 493. The van der Waals surface area contributed by atoms with E-state index in [1.807, 2.05) is 48.5 Å². The summed E-state index contributed by atoms with van der Waals surface area (Å²) in [5.74, 6) is 0. The van der Waals surface area contributed by atoms with Crippen LogP contribution < -0.4 is 0 Å². The van der Waals surface area contributed by atoms with Gasteiger partial charge in [0.15, 0.2) is 0 Å². The molecule has 92 valence electrons. The molecule has 0 saturated heterocycles. The largest absolute Gasteiger partial charge is 0.282 e. The van der Waals surface area contributed by atoms with Gasteiger partial charge in [-0.05, 0) is 12.0 Å². The van der Waals surface area contributed by atoms with Crippen LogP contribution in [0.25, 0.3) is 0 Å². The SMILES string of the molecule is CC(Cc1ccccc1)SC(=O)c1ccccc1. The molecule has 0 N–H and O–H groups in total. The molecule has 0 aliphatic heterocycles. The zero-order chi connectivity index (χ0) is 12.8. The summed E-state index contributed by atoms with van der Waals surface area (Å²) in [4.78, 5) is 12.0. The molecule has 0 radical (unpaired) electrons. The van der Waals surface area contributed by atoms with Gasteiger partial charge in [-0.25, -0.2) is 0 Å². The molecule has 2 aromatic rings. The lowest BCUT2D eigenvalue weighted by atomic mass is 10.1. The molecule has 2 aromatic carbocycles. The third-order valence-corrected chi connectivity index (χ3v) is 3.70. The number of carbonyl (C=O) groups excluding carboxylic acids is 1.